The zero-order chi connectivity index (χ0) is 21.2. The number of rotatable bonds is 1. The number of fused-ring (bicyclic) bond motifs is 5. The molecule has 4 aromatic rings. The van der Waals surface area contributed by atoms with Crippen LogP contribution >= 0.6 is 0 Å². The molecule has 0 fully saturated rings. The Morgan fingerprint density at radius 1 is 0.774 bits per heavy atom. The molecular weight excluding hydrogens is 380 g/mol. The van der Waals surface area contributed by atoms with E-state index in [0.717, 1.165) is 23.7 Å². The van der Waals surface area contributed by atoms with Crippen LogP contribution in [-0.4, -0.2) is 11.4 Å². The van der Waals surface area contributed by atoms with Crippen molar-refractivity contribution >= 4 is 33.4 Å². The fourth-order valence-corrected chi connectivity index (χ4v) is 4.70. The maximum absolute atomic E-state index is 10.5. The lowest BCUT2D eigenvalue weighted by Gasteiger charge is -2.25. The van der Waals surface area contributed by atoms with Gasteiger partial charge in [0, 0.05) is 5.56 Å². The number of hydrogen-bond donors (Lipinski definition) is 1. The third-order valence-corrected chi connectivity index (χ3v) is 6.27. The van der Waals surface area contributed by atoms with Gasteiger partial charge in [-0.1, -0.05) is 72.3 Å². The third-order valence-electron chi connectivity index (χ3n) is 6.27. The first kappa shape index (κ1) is 19.3. The van der Waals surface area contributed by atoms with E-state index in [1.807, 2.05) is 54.6 Å². The highest BCUT2D eigenvalue weighted by Gasteiger charge is 2.20. The van der Waals surface area contributed by atoms with Gasteiger partial charge in [-0.2, -0.15) is 0 Å². The number of aldehydes is 1. The summed E-state index contributed by atoms with van der Waals surface area (Å²) in [6, 6.07) is 23.8. The number of allylic oxidation sites excluding steroid dienone is 4. The Kier molecular flexibility index (Phi) is 5.13. The number of phenols is 1. The van der Waals surface area contributed by atoms with Crippen LogP contribution in [0.2, 0.25) is 0 Å². The molecule has 0 saturated carbocycles. The van der Waals surface area contributed by atoms with E-state index in [-0.39, 0.29) is 0 Å². The van der Waals surface area contributed by atoms with Gasteiger partial charge in [0.25, 0.3) is 0 Å². The van der Waals surface area contributed by atoms with Crippen LogP contribution in [0.25, 0.3) is 27.1 Å². The second kappa shape index (κ2) is 8.23. The van der Waals surface area contributed by atoms with Crippen LogP contribution < -0.4 is 0 Å². The van der Waals surface area contributed by atoms with Crippen molar-refractivity contribution in [1.29, 1.82) is 0 Å². The molecule has 0 radical (unpaired) electrons. The van der Waals surface area contributed by atoms with Crippen molar-refractivity contribution < 1.29 is 9.90 Å². The minimum atomic E-state index is 0.361. The van der Waals surface area contributed by atoms with Crippen LogP contribution in [0.5, 0.6) is 5.75 Å². The van der Waals surface area contributed by atoms with Gasteiger partial charge in [-0.3, -0.25) is 4.79 Å². The Bertz CT molecular complexity index is 1360. The Hall–Kier alpha value is -3.65. The molecular formula is C29H24O2. The molecule has 2 aliphatic rings. The van der Waals surface area contributed by atoms with Crippen molar-refractivity contribution in [3.05, 3.63) is 107 Å². The molecule has 0 atom stereocenters. The Labute approximate surface area is 182 Å². The quantitative estimate of drug-likeness (QED) is 0.339. The van der Waals surface area contributed by atoms with E-state index in [9.17, 15) is 9.90 Å². The monoisotopic (exact) mass is 404 g/mol. The summed E-state index contributed by atoms with van der Waals surface area (Å²) in [5, 5.41) is 14.5. The van der Waals surface area contributed by atoms with Gasteiger partial charge in [0.1, 0.15) is 12.0 Å². The van der Waals surface area contributed by atoms with Crippen molar-refractivity contribution in [2.45, 2.75) is 25.7 Å². The zero-order valence-electron chi connectivity index (χ0n) is 17.3. The van der Waals surface area contributed by atoms with Crippen LogP contribution in [0.4, 0.5) is 0 Å². The van der Waals surface area contributed by atoms with Gasteiger partial charge >= 0.3 is 0 Å². The molecule has 2 aliphatic carbocycles. The van der Waals surface area contributed by atoms with Gasteiger partial charge in [0.05, 0.1) is 0 Å². The average molecular weight is 405 g/mol. The summed E-state index contributed by atoms with van der Waals surface area (Å²) < 4.78 is 0. The number of aromatic hydroxyl groups is 1. The first-order valence-corrected chi connectivity index (χ1v) is 10.8. The van der Waals surface area contributed by atoms with Gasteiger partial charge in [-0.05, 0) is 82.1 Å². The Balaban J connectivity index is 0.000000147. The van der Waals surface area contributed by atoms with Crippen LogP contribution in [0, 0.1) is 0 Å². The molecule has 0 aliphatic heterocycles. The van der Waals surface area contributed by atoms with E-state index >= 15 is 0 Å². The van der Waals surface area contributed by atoms with E-state index in [4.69, 9.17) is 0 Å². The van der Waals surface area contributed by atoms with Crippen LogP contribution in [0.3, 0.4) is 0 Å². The lowest BCUT2D eigenvalue weighted by atomic mass is 9.79. The molecule has 1 N–H and O–H groups in total. The first-order valence-electron chi connectivity index (χ1n) is 10.8. The lowest BCUT2D eigenvalue weighted by Crippen LogP contribution is -2.06. The predicted octanol–water partition coefficient (Wildman–Crippen LogP) is 7.25. The highest BCUT2D eigenvalue weighted by Crippen LogP contribution is 2.40. The summed E-state index contributed by atoms with van der Waals surface area (Å²) in [6.07, 6.45) is 10.1. The summed E-state index contributed by atoms with van der Waals surface area (Å²) in [5.74, 6) is 0.361. The Morgan fingerprint density at radius 3 is 2.45 bits per heavy atom. The second-order valence-corrected chi connectivity index (χ2v) is 8.18. The molecule has 0 bridgehead atoms. The van der Waals surface area contributed by atoms with Gasteiger partial charge in [0.15, 0.2) is 0 Å². The third kappa shape index (κ3) is 3.77. The van der Waals surface area contributed by atoms with Gasteiger partial charge in [-0.25, -0.2) is 0 Å². The van der Waals surface area contributed by atoms with Crippen LogP contribution in [0.1, 0.15) is 40.7 Å². The molecule has 4 aromatic carbocycles. The SMILES string of the molecule is O=Cc1ccc2ccccc2c1.Oc1ccc2ccc3c(c2c1)CCC1=C3C=CCC1. The highest BCUT2D eigenvalue weighted by molar-refractivity contribution is 5.94. The number of benzene rings is 4. The number of hydrogen-bond acceptors (Lipinski definition) is 2. The average Bonchev–Trinajstić information content (AvgIpc) is 2.83. The molecule has 0 aromatic heterocycles. The highest BCUT2D eigenvalue weighted by atomic mass is 16.3. The van der Waals surface area contributed by atoms with Gasteiger partial charge in [-0.15, -0.1) is 0 Å². The Morgan fingerprint density at radius 2 is 1.58 bits per heavy atom. The van der Waals surface area contributed by atoms with Gasteiger partial charge in [0.2, 0.25) is 0 Å². The standard InChI is InChI=1S/C18H16O.C11H8O/c19-14-8-5-13-7-9-16-15-4-2-1-3-12(15)6-10-17(16)18(13)11-14;12-8-9-5-6-10-3-1-2-4-11(10)7-9/h2,4-5,7-9,11,19H,1,3,6,10H2;1-8H. The second-order valence-electron chi connectivity index (χ2n) is 8.18. The van der Waals surface area contributed by atoms with E-state index in [0.29, 0.717) is 5.75 Å². The summed E-state index contributed by atoms with van der Waals surface area (Å²) in [5.41, 5.74) is 6.54. The van der Waals surface area contributed by atoms with Crippen molar-refractivity contribution in [2.75, 3.05) is 0 Å². The summed E-state index contributed by atoms with van der Waals surface area (Å²) in [7, 11) is 0. The predicted molar refractivity (Wildman–Crippen MR) is 129 cm³/mol. The number of phenolic OH excluding ortho intramolecular Hbond substituents is 1. The maximum atomic E-state index is 10.5. The maximum Gasteiger partial charge on any atom is 0.150 e. The van der Waals surface area contributed by atoms with Crippen molar-refractivity contribution in [3.8, 4) is 5.75 Å². The molecule has 0 spiro atoms. The largest absolute Gasteiger partial charge is 0.508 e. The van der Waals surface area contributed by atoms with E-state index in [1.165, 1.54) is 52.1 Å². The van der Waals surface area contributed by atoms with E-state index in [1.54, 1.807) is 11.6 Å². The van der Waals surface area contributed by atoms with E-state index in [2.05, 4.69) is 24.3 Å². The topological polar surface area (TPSA) is 37.3 Å². The van der Waals surface area contributed by atoms with Crippen molar-refractivity contribution in [1.82, 2.24) is 0 Å². The first-order chi connectivity index (χ1) is 15.2. The summed E-state index contributed by atoms with van der Waals surface area (Å²) in [6.45, 7) is 0. The molecule has 31 heavy (non-hydrogen) atoms. The normalized spacial score (nSPS) is 14.6. The lowest BCUT2D eigenvalue weighted by molar-refractivity contribution is 0.112. The van der Waals surface area contributed by atoms with Crippen LogP contribution in [-0.2, 0) is 6.42 Å². The van der Waals surface area contributed by atoms with Crippen LogP contribution in [0.15, 0.2) is 90.5 Å². The smallest absolute Gasteiger partial charge is 0.150 e. The molecule has 2 heteroatoms. The van der Waals surface area contributed by atoms with Crippen molar-refractivity contribution in [3.63, 3.8) is 0 Å². The summed E-state index contributed by atoms with van der Waals surface area (Å²) >= 11 is 0. The fourth-order valence-electron chi connectivity index (χ4n) is 4.70. The van der Waals surface area contributed by atoms with Crippen molar-refractivity contribution in [2.24, 2.45) is 0 Å². The molecule has 0 heterocycles. The fraction of sp³-hybridized carbons (Fsp3) is 0.138. The number of carbonyl (C=O) groups excluding carboxylic acids is 1. The molecule has 0 amide bonds. The number of aryl methyl sites for hydroxylation is 1. The molecule has 0 saturated heterocycles. The number of carbonyl (C=O) groups is 1. The zero-order valence-corrected chi connectivity index (χ0v) is 17.3. The molecule has 6 rings (SSSR count). The molecule has 152 valence electrons. The summed E-state index contributed by atoms with van der Waals surface area (Å²) in [4.78, 5) is 10.5. The molecule has 0 unspecified atom stereocenters. The van der Waals surface area contributed by atoms with E-state index < -0.39 is 0 Å². The molecule has 2 nitrogen and oxygen atoms in total. The van der Waals surface area contributed by atoms with Gasteiger partial charge < -0.3 is 5.11 Å². The minimum absolute atomic E-state index is 0.361. The minimum Gasteiger partial charge on any atom is -0.508 e.